The number of nitrogens with one attached hydrogen (secondary N) is 1. The summed E-state index contributed by atoms with van der Waals surface area (Å²) in [4.78, 5) is 24.8. The molecule has 114 valence electrons. The van der Waals surface area contributed by atoms with Gasteiger partial charge in [0.05, 0.1) is 17.2 Å². The minimum absolute atomic E-state index is 0.0543. The van der Waals surface area contributed by atoms with Crippen LogP contribution in [0.3, 0.4) is 0 Å². The number of carbonyl (C=O) groups is 2. The number of nitrogens with zero attached hydrogens (tertiary/aromatic N) is 1. The first-order chi connectivity index (χ1) is 9.88. The van der Waals surface area contributed by atoms with Crippen molar-refractivity contribution in [3.63, 3.8) is 0 Å². The van der Waals surface area contributed by atoms with E-state index in [4.69, 9.17) is 11.6 Å². The van der Waals surface area contributed by atoms with Crippen molar-refractivity contribution in [3.05, 3.63) is 34.6 Å². The molecule has 1 heterocycles. The molecule has 1 aromatic rings. The van der Waals surface area contributed by atoms with Gasteiger partial charge in [-0.25, -0.2) is 4.39 Å². The second-order valence-electron chi connectivity index (χ2n) is 5.03. The Morgan fingerprint density at radius 3 is 2.76 bits per heavy atom. The van der Waals surface area contributed by atoms with Crippen LogP contribution in [0.15, 0.2) is 18.2 Å². The monoisotopic (exact) mass is 314 g/mol. The van der Waals surface area contributed by atoms with E-state index in [0.29, 0.717) is 13.0 Å². The molecule has 2 N–H and O–H groups in total. The number of rotatable bonds is 2. The van der Waals surface area contributed by atoms with Crippen molar-refractivity contribution >= 4 is 23.4 Å². The SMILES string of the molecule is CC(=O)N1CC[C@@H](NC(=O)c2ccc(Cl)c(F)c2)[C@H](O)C1. The molecule has 2 atom stereocenters. The van der Waals surface area contributed by atoms with Gasteiger partial charge >= 0.3 is 0 Å². The summed E-state index contributed by atoms with van der Waals surface area (Å²) in [5.41, 5.74) is 0.137. The van der Waals surface area contributed by atoms with Crippen LogP contribution in [-0.2, 0) is 4.79 Å². The predicted molar refractivity (Wildman–Crippen MR) is 75.5 cm³/mol. The fourth-order valence-corrected chi connectivity index (χ4v) is 2.39. The molecule has 5 nitrogen and oxygen atoms in total. The number of carbonyl (C=O) groups excluding carboxylic acids is 2. The van der Waals surface area contributed by atoms with Gasteiger partial charge in [0, 0.05) is 25.6 Å². The fraction of sp³-hybridized carbons (Fsp3) is 0.429. The van der Waals surface area contributed by atoms with E-state index >= 15 is 0 Å². The molecule has 21 heavy (non-hydrogen) atoms. The van der Waals surface area contributed by atoms with Crippen LogP contribution >= 0.6 is 11.6 Å². The van der Waals surface area contributed by atoms with Gasteiger partial charge in [-0.15, -0.1) is 0 Å². The number of likely N-dealkylation sites (tertiary alicyclic amines) is 1. The van der Waals surface area contributed by atoms with Crippen molar-refractivity contribution in [2.24, 2.45) is 0 Å². The number of β-amino-alcohol motifs (C(OH)–C–C–N with tert-alkyl or cyclic N) is 1. The Hall–Kier alpha value is -1.66. The molecule has 2 amide bonds. The Kier molecular flexibility index (Phi) is 4.80. The molecule has 0 spiro atoms. The highest BCUT2D eigenvalue weighted by molar-refractivity contribution is 6.30. The first-order valence-corrected chi connectivity index (χ1v) is 6.95. The number of aliphatic hydroxyl groups is 1. The van der Waals surface area contributed by atoms with Gasteiger partial charge in [-0.05, 0) is 24.6 Å². The van der Waals surface area contributed by atoms with Crippen LogP contribution in [0.25, 0.3) is 0 Å². The highest BCUT2D eigenvalue weighted by Crippen LogP contribution is 2.17. The summed E-state index contributed by atoms with van der Waals surface area (Å²) in [6, 6.07) is 3.31. The lowest BCUT2D eigenvalue weighted by Gasteiger charge is -2.35. The molecular formula is C14H16ClFN2O3. The van der Waals surface area contributed by atoms with E-state index in [0.717, 1.165) is 6.07 Å². The van der Waals surface area contributed by atoms with Gasteiger partial charge in [0.25, 0.3) is 5.91 Å². The van der Waals surface area contributed by atoms with E-state index in [9.17, 15) is 19.1 Å². The summed E-state index contributed by atoms with van der Waals surface area (Å²) in [6.07, 6.45) is -0.397. The van der Waals surface area contributed by atoms with Crippen molar-refractivity contribution in [1.29, 1.82) is 0 Å². The molecule has 1 aliphatic heterocycles. The topological polar surface area (TPSA) is 69.6 Å². The third-order valence-corrected chi connectivity index (χ3v) is 3.83. The molecule has 0 saturated carbocycles. The lowest BCUT2D eigenvalue weighted by atomic mass is 10.0. The van der Waals surface area contributed by atoms with Gasteiger partial charge in [-0.1, -0.05) is 11.6 Å². The minimum atomic E-state index is -0.844. The Labute approximate surface area is 126 Å². The summed E-state index contributed by atoms with van der Waals surface area (Å²) in [7, 11) is 0. The van der Waals surface area contributed by atoms with E-state index in [1.165, 1.54) is 24.0 Å². The smallest absolute Gasteiger partial charge is 0.251 e. The molecule has 0 radical (unpaired) electrons. The number of aliphatic hydroxyl groups excluding tert-OH is 1. The Morgan fingerprint density at radius 2 is 2.19 bits per heavy atom. The van der Waals surface area contributed by atoms with Crippen LogP contribution in [0.5, 0.6) is 0 Å². The number of piperidine rings is 1. The zero-order chi connectivity index (χ0) is 15.6. The van der Waals surface area contributed by atoms with Crippen LogP contribution in [-0.4, -0.2) is 47.1 Å². The van der Waals surface area contributed by atoms with Gasteiger partial charge < -0.3 is 15.3 Å². The highest BCUT2D eigenvalue weighted by Gasteiger charge is 2.30. The number of halogens is 2. The standard InChI is InChI=1S/C14H16ClFN2O3/c1-8(19)18-5-4-12(13(20)7-18)17-14(21)9-2-3-10(15)11(16)6-9/h2-3,6,12-13,20H,4-5,7H2,1H3,(H,17,21)/t12-,13-/m1/s1. The predicted octanol–water partition coefficient (Wildman–Crippen LogP) is 1.19. The molecule has 0 aliphatic carbocycles. The van der Waals surface area contributed by atoms with Crippen molar-refractivity contribution in [3.8, 4) is 0 Å². The zero-order valence-corrected chi connectivity index (χ0v) is 12.2. The highest BCUT2D eigenvalue weighted by atomic mass is 35.5. The Bertz CT molecular complexity index is 567. The summed E-state index contributed by atoms with van der Waals surface area (Å²) in [5, 5.41) is 12.6. The van der Waals surface area contributed by atoms with Gasteiger partial charge in [0.15, 0.2) is 0 Å². The van der Waals surface area contributed by atoms with E-state index in [1.807, 2.05) is 0 Å². The van der Waals surface area contributed by atoms with E-state index < -0.39 is 23.9 Å². The van der Waals surface area contributed by atoms with Crippen molar-refractivity contribution < 1.29 is 19.1 Å². The first-order valence-electron chi connectivity index (χ1n) is 6.58. The molecule has 2 rings (SSSR count). The van der Waals surface area contributed by atoms with Crippen molar-refractivity contribution in [2.45, 2.75) is 25.5 Å². The molecule has 0 bridgehead atoms. The van der Waals surface area contributed by atoms with E-state index in [1.54, 1.807) is 0 Å². The van der Waals surface area contributed by atoms with Crippen LogP contribution < -0.4 is 5.32 Å². The quantitative estimate of drug-likeness (QED) is 0.861. The molecule has 1 saturated heterocycles. The van der Waals surface area contributed by atoms with E-state index in [2.05, 4.69) is 5.32 Å². The van der Waals surface area contributed by atoms with Gasteiger partial charge in [-0.2, -0.15) is 0 Å². The molecule has 0 unspecified atom stereocenters. The number of benzene rings is 1. The maximum atomic E-state index is 13.3. The number of amides is 2. The lowest BCUT2D eigenvalue weighted by Crippen LogP contribution is -2.55. The lowest BCUT2D eigenvalue weighted by molar-refractivity contribution is -0.132. The van der Waals surface area contributed by atoms with Gasteiger partial charge in [-0.3, -0.25) is 9.59 Å². The van der Waals surface area contributed by atoms with Crippen molar-refractivity contribution in [2.75, 3.05) is 13.1 Å². The molecule has 1 aromatic carbocycles. The number of hydrogen-bond acceptors (Lipinski definition) is 3. The maximum Gasteiger partial charge on any atom is 0.251 e. The fourth-order valence-electron chi connectivity index (χ4n) is 2.28. The van der Waals surface area contributed by atoms with Crippen molar-refractivity contribution in [1.82, 2.24) is 10.2 Å². The van der Waals surface area contributed by atoms with E-state index in [-0.39, 0.29) is 23.0 Å². The van der Waals surface area contributed by atoms with Crippen LogP contribution in [0.1, 0.15) is 23.7 Å². The summed E-state index contributed by atoms with van der Waals surface area (Å²) in [6.45, 7) is 2.07. The summed E-state index contributed by atoms with van der Waals surface area (Å²) in [5.74, 6) is -1.26. The van der Waals surface area contributed by atoms with Crippen LogP contribution in [0.2, 0.25) is 5.02 Å². The Morgan fingerprint density at radius 1 is 1.48 bits per heavy atom. The van der Waals surface area contributed by atoms with Crippen LogP contribution in [0, 0.1) is 5.82 Å². The normalized spacial score (nSPS) is 22.0. The third kappa shape index (κ3) is 3.71. The van der Waals surface area contributed by atoms with Gasteiger partial charge in [0.2, 0.25) is 5.91 Å². The Balaban J connectivity index is 2.00. The molecule has 0 aromatic heterocycles. The molecule has 1 fully saturated rings. The first kappa shape index (κ1) is 15.7. The average molecular weight is 315 g/mol. The average Bonchev–Trinajstić information content (AvgIpc) is 2.43. The third-order valence-electron chi connectivity index (χ3n) is 3.53. The maximum absolute atomic E-state index is 13.3. The largest absolute Gasteiger partial charge is 0.389 e. The number of hydrogen-bond donors (Lipinski definition) is 2. The zero-order valence-electron chi connectivity index (χ0n) is 11.5. The molecular weight excluding hydrogens is 299 g/mol. The molecule has 1 aliphatic rings. The van der Waals surface area contributed by atoms with Gasteiger partial charge in [0.1, 0.15) is 5.82 Å². The second kappa shape index (κ2) is 6.41. The summed E-state index contributed by atoms with van der Waals surface area (Å²) < 4.78 is 13.3. The minimum Gasteiger partial charge on any atom is -0.389 e. The second-order valence-corrected chi connectivity index (χ2v) is 5.44. The molecule has 7 heteroatoms. The van der Waals surface area contributed by atoms with Crippen LogP contribution in [0.4, 0.5) is 4.39 Å². The summed E-state index contributed by atoms with van der Waals surface area (Å²) >= 11 is 5.56.